The van der Waals surface area contributed by atoms with Gasteiger partial charge in [-0.2, -0.15) is 8.78 Å². The van der Waals surface area contributed by atoms with Crippen LogP contribution < -0.4 is 5.32 Å². The number of rotatable bonds is 6. The van der Waals surface area contributed by atoms with Gasteiger partial charge in [0, 0.05) is 31.0 Å². The minimum absolute atomic E-state index is 0.0862. The highest BCUT2D eigenvalue weighted by Crippen LogP contribution is 2.33. The fourth-order valence-electron chi connectivity index (χ4n) is 4.09. The van der Waals surface area contributed by atoms with E-state index in [1.54, 1.807) is 6.07 Å². The Morgan fingerprint density at radius 1 is 1.09 bits per heavy atom. The Hall–Kier alpha value is -3.56. The van der Waals surface area contributed by atoms with E-state index in [4.69, 9.17) is 0 Å². The monoisotopic (exact) mass is 462 g/mol. The first-order chi connectivity index (χ1) is 15.6. The van der Waals surface area contributed by atoms with Crippen LogP contribution in [-0.4, -0.2) is 34.4 Å². The number of nitrogens with one attached hydrogen (secondary N) is 1. The van der Waals surface area contributed by atoms with E-state index in [1.807, 2.05) is 0 Å². The summed E-state index contributed by atoms with van der Waals surface area (Å²) in [6.07, 6.45) is -0.363. The number of imide groups is 1. The number of piperidine rings is 1. The molecular formula is C23H18F4N2O4. The molecule has 172 valence electrons. The summed E-state index contributed by atoms with van der Waals surface area (Å²) in [6, 6.07) is 5.34. The number of ketones is 1. The molecule has 6 nitrogen and oxygen atoms in total. The highest BCUT2D eigenvalue weighted by atomic mass is 19.3. The van der Waals surface area contributed by atoms with Crippen molar-refractivity contribution in [1.82, 2.24) is 10.2 Å². The van der Waals surface area contributed by atoms with Crippen LogP contribution in [0.15, 0.2) is 36.4 Å². The van der Waals surface area contributed by atoms with Crippen LogP contribution in [0.2, 0.25) is 0 Å². The molecule has 1 atom stereocenters. The summed E-state index contributed by atoms with van der Waals surface area (Å²) in [5.74, 6) is -9.49. The molecule has 33 heavy (non-hydrogen) atoms. The highest BCUT2D eigenvalue weighted by molar-refractivity contribution is 6.05. The summed E-state index contributed by atoms with van der Waals surface area (Å²) in [5.41, 5.74) is 0.253. The van der Waals surface area contributed by atoms with Gasteiger partial charge in [-0.05, 0) is 42.2 Å². The molecule has 4 rings (SSSR count). The van der Waals surface area contributed by atoms with E-state index in [-0.39, 0.29) is 31.7 Å². The molecule has 0 aliphatic carbocycles. The van der Waals surface area contributed by atoms with Gasteiger partial charge in [0.15, 0.2) is 0 Å². The minimum atomic E-state index is -4.12. The number of carbonyl (C=O) groups is 4. The largest absolute Gasteiger partial charge is 0.333 e. The van der Waals surface area contributed by atoms with Crippen molar-refractivity contribution in [2.45, 2.75) is 44.2 Å². The van der Waals surface area contributed by atoms with Crippen molar-refractivity contribution < 1.29 is 36.7 Å². The fourth-order valence-corrected chi connectivity index (χ4v) is 4.09. The van der Waals surface area contributed by atoms with Crippen molar-refractivity contribution in [3.8, 4) is 0 Å². The van der Waals surface area contributed by atoms with Crippen LogP contribution in [0.5, 0.6) is 0 Å². The first-order valence-electron chi connectivity index (χ1n) is 10.2. The third-order valence-corrected chi connectivity index (χ3v) is 5.85. The highest BCUT2D eigenvalue weighted by Gasteiger charge is 2.42. The molecule has 2 heterocycles. The molecule has 0 bridgehead atoms. The Labute approximate surface area is 185 Å². The second-order valence-corrected chi connectivity index (χ2v) is 8.01. The molecule has 1 fully saturated rings. The van der Waals surface area contributed by atoms with E-state index in [0.29, 0.717) is 34.9 Å². The summed E-state index contributed by atoms with van der Waals surface area (Å²) in [7, 11) is 0. The van der Waals surface area contributed by atoms with Gasteiger partial charge in [-0.15, -0.1) is 0 Å². The standard InChI is InChI=1S/C23H18F4N2O4/c24-14-3-5-16(17(25)10-14)23(26,27)19(30)7-2-12-1-4-15-13(9-12)11-29(22(15)33)18-6-8-20(31)28-21(18)32/h1,3-5,9-10,18H,2,6-8,11H2,(H,28,31,32). The Kier molecular flexibility index (Phi) is 5.77. The molecule has 1 unspecified atom stereocenters. The number of hydrogen-bond donors (Lipinski definition) is 1. The zero-order valence-corrected chi connectivity index (χ0v) is 17.2. The third-order valence-electron chi connectivity index (χ3n) is 5.85. The molecule has 2 aliphatic rings. The van der Waals surface area contributed by atoms with E-state index in [1.165, 1.54) is 17.0 Å². The Morgan fingerprint density at radius 2 is 1.85 bits per heavy atom. The minimum Gasteiger partial charge on any atom is -0.322 e. The lowest BCUT2D eigenvalue weighted by atomic mass is 9.97. The van der Waals surface area contributed by atoms with Crippen LogP contribution in [0.25, 0.3) is 0 Å². The number of nitrogens with zero attached hydrogens (tertiary/aromatic N) is 1. The first-order valence-corrected chi connectivity index (χ1v) is 10.2. The van der Waals surface area contributed by atoms with E-state index >= 15 is 0 Å². The topological polar surface area (TPSA) is 83.6 Å². The molecule has 1 N–H and O–H groups in total. The number of alkyl halides is 2. The molecule has 2 aromatic rings. The van der Waals surface area contributed by atoms with Gasteiger partial charge in [-0.3, -0.25) is 24.5 Å². The summed E-state index contributed by atoms with van der Waals surface area (Å²) in [4.78, 5) is 49.6. The maximum atomic E-state index is 14.4. The summed E-state index contributed by atoms with van der Waals surface area (Å²) in [5, 5.41) is 2.20. The van der Waals surface area contributed by atoms with Gasteiger partial charge < -0.3 is 4.90 Å². The van der Waals surface area contributed by atoms with Crippen LogP contribution in [0.4, 0.5) is 17.6 Å². The van der Waals surface area contributed by atoms with Crippen molar-refractivity contribution in [3.63, 3.8) is 0 Å². The molecule has 0 aromatic heterocycles. The van der Waals surface area contributed by atoms with Crippen molar-refractivity contribution in [1.29, 1.82) is 0 Å². The van der Waals surface area contributed by atoms with Crippen LogP contribution in [0.3, 0.4) is 0 Å². The van der Waals surface area contributed by atoms with E-state index < -0.39 is 53.2 Å². The molecule has 2 aromatic carbocycles. The normalized spacial score (nSPS) is 18.4. The van der Waals surface area contributed by atoms with Gasteiger partial charge in [0.2, 0.25) is 17.6 Å². The Balaban J connectivity index is 1.44. The van der Waals surface area contributed by atoms with Crippen molar-refractivity contribution in [3.05, 3.63) is 70.3 Å². The number of fused-ring (bicyclic) bond motifs is 1. The number of aryl methyl sites for hydroxylation is 1. The van der Waals surface area contributed by atoms with Crippen molar-refractivity contribution >= 4 is 23.5 Å². The predicted octanol–water partition coefficient (Wildman–Crippen LogP) is 3.02. The smallest absolute Gasteiger partial charge is 0.322 e. The predicted molar refractivity (Wildman–Crippen MR) is 106 cm³/mol. The maximum Gasteiger partial charge on any atom is 0.333 e. The van der Waals surface area contributed by atoms with Gasteiger partial charge in [0.05, 0.1) is 5.56 Å². The van der Waals surface area contributed by atoms with E-state index in [2.05, 4.69) is 5.32 Å². The molecule has 3 amide bonds. The van der Waals surface area contributed by atoms with Gasteiger partial charge in [0.25, 0.3) is 5.91 Å². The molecule has 10 heteroatoms. The number of halogens is 4. The number of Topliss-reactive ketones (excluding diaryl/α,β-unsaturated/α-hetero) is 1. The second kappa shape index (κ2) is 8.42. The molecule has 0 radical (unpaired) electrons. The van der Waals surface area contributed by atoms with Crippen LogP contribution in [-0.2, 0) is 33.3 Å². The van der Waals surface area contributed by atoms with Crippen LogP contribution in [0.1, 0.15) is 46.3 Å². The molecule has 2 aliphatic heterocycles. The summed E-state index contributed by atoms with van der Waals surface area (Å²) in [6.45, 7) is 0.110. The van der Waals surface area contributed by atoms with Gasteiger partial charge in [-0.25, -0.2) is 8.78 Å². The first kappa shape index (κ1) is 22.6. The van der Waals surface area contributed by atoms with Crippen molar-refractivity contribution in [2.75, 3.05) is 0 Å². The summed E-state index contributed by atoms with van der Waals surface area (Å²) >= 11 is 0. The number of hydrogen-bond acceptors (Lipinski definition) is 4. The maximum absolute atomic E-state index is 14.4. The third kappa shape index (κ3) is 4.24. The lowest BCUT2D eigenvalue weighted by molar-refractivity contribution is -0.144. The molecule has 0 spiro atoms. The van der Waals surface area contributed by atoms with E-state index in [9.17, 15) is 36.7 Å². The van der Waals surface area contributed by atoms with E-state index in [0.717, 1.165) is 0 Å². The molecule has 0 saturated carbocycles. The Bertz CT molecular complexity index is 1180. The fraction of sp³-hybridized carbons (Fsp3) is 0.304. The Morgan fingerprint density at radius 3 is 2.55 bits per heavy atom. The number of benzene rings is 2. The summed E-state index contributed by atoms with van der Waals surface area (Å²) < 4.78 is 55.6. The second-order valence-electron chi connectivity index (χ2n) is 8.01. The number of amides is 3. The zero-order valence-electron chi connectivity index (χ0n) is 17.2. The van der Waals surface area contributed by atoms with Gasteiger partial charge in [0.1, 0.15) is 17.7 Å². The quantitative estimate of drug-likeness (QED) is 0.529. The number of carbonyl (C=O) groups excluding carboxylic acids is 4. The van der Waals surface area contributed by atoms with Crippen LogP contribution >= 0.6 is 0 Å². The van der Waals surface area contributed by atoms with Crippen LogP contribution in [0, 0.1) is 11.6 Å². The average molecular weight is 462 g/mol. The van der Waals surface area contributed by atoms with Gasteiger partial charge >= 0.3 is 5.92 Å². The SMILES string of the molecule is O=C1CCC(N2Cc3cc(CCC(=O)C(F)(F)c4ccc(F)cc4F)ccc3C2=O)C(=O)N1. The zero-order chi connectivity index (χ0) is 23.9. The van der Waals surface area contributed by atoms with Crippen molar-refractivity contribution in [2.24, 2.45) is 0 Å². The lowest BCUT2D eigenvalue weighted by Gasteiger charge is -2.29. The lowest BCUT2D eigenvalue weighted by Crippen LogP contribution is -2.52. The molecular weight excluding hydrogens is 444 g/mol. The van der Waals surface area contributed by atoms with Gasteiger partial charge in [-0.1, -0.05) is 12.1 Å². The average Bonchev–Trinajstić information content (AvgIpc) is 3.07. The molecule has 1 saturated heterocycles.